The Morgan fingerprint density at radius 3 is 2.46 bits per heavy atom. The summed E-state index contributed by atoms with van der Waals surface area (Å²) in [6, 6.07) is 18.2. The van der Waals surface area contributed by atoms with Crippen LogP contribution in [0.3, 0.4) is 0 Å². The summed E-state index contributed by atoms with van der Waals surface area (Å²) in [7, 11) is 1.78. The molecule has 0 amide bonds. The monoisotopic (exact) mass is 509 g/mol. The second kappa shape index (κ2) is 11.7. The molecule has 1 heterocycles. The molecule has 0 atom stereocenters. The fourth-order valence-corrected chi connectivity index (χ4v) is 2.95. The lowest BCUT2D eigenvalue weighted by Crippen LogP contribution is -2.38. The van der Waals surface area contributed by atoms with E-state index in [0.29, 0.717) is 6.54 Å². The average Bonchev–Trinajstić information content (AvgIpc) is 3.20. The zero-order valence-corrected chi connectivity index (χ0v) is 18.9. The SMILES string of the molecule is CN=C(NCCc1ccc(Cl)cc1)NCc1ccccc1Cn1cccn1.I. The maximum absolute atomic E-state index is 5.93. The fourth-order valence-electron chi connectivity index (χ4n) is 2.83. The molecular formula is C21H25ClIN5. The van der Waals surface area contributed by atoms with E-state index in [1.54, 1.807) is 13.2 Å². The molecule has 0 saturated heterocycles. The maximum atomic E-state index is 5.93. The van der Waals surface area contributed by atoms with E-state index >= 15 is 0 Å². The van der Waals surface area contributed by atoms with Crippen LogP contribution in [0.2, 0.25) is 5.02 Å². The first-order valence-electron chi connectivity index (χ1n) is 8.98. The number of aliphatic imine (C=N–C) groups is 1. The van der Waals surface area contributed by atoms with E-state index < -0.39 is 0 Å². The van der Waals surface area contributed by atoms with Crippen LogP contribution < -0.4 is 10.6 Å². The zero-order chi connectivity index (χ0) is 18.9. The van der Waals surface area contributed by atoms with Gasteiger partial charge in [-0.15, -0.1) is 24.0 Å². The summed E-state index contributed by atoms with van der Waals surface area (Å²) >= 11 is 5.93. The Balaban J connectivity index is 0.00000280. The predicted octanol–water partition coefficient (Wildman–Crippen LogP) is 4.11. The second-order valence-electron chi connectivity index (χ2n) is 6.20. The summed E-state index contributed by atoms with van der Waals surface area (Å²) in [6.45, 7) is 2.27. The third-order valence-electron chi connectivity index (χ3n) is 4.30. The van der Waals surface area contributed by atoms with E-state index in [2.05, 4.69) is 45.0 Å². The zero-order valence-electron chi connectivity index (χ0n) is 15.8. The minimum atomic E-state index is 0. The number of aromatic nitrogens is 2. The van der Waals surface area contributed by atoms with E-state index in [-0.39, 0.29) is 24.0 Å². The van der Waals surface area contributed by atoms with Crippen LogP contribution in [-0.2, 0) is 19.5 Å². The number of nitrogens with one attached hydrogen (secondary N) is 2. The molecule has 2 N–H and O–H groups in total. The Morgan fingerprint density at radius 1 is 1.04 bits per heavy atom. The van der Waals surface area contributed by atoms with Crippen molar-refractivity contribution in [3.8, 4) is 0 Å². The minimum Gasteiger partial charge on any atom is -0.356 e. The van der Waals surface area contributed by atoms with Gasteiger partial charge in [-0.25, -0.2) is 0 Å². The molecule has 0 unspecified atom stereocenters. The van der Waals surface area contributed by atoms with Crippen LogP contribution in [0.1, 0.15) is 16.7 Å². The largest absolute Gasteiger partial charge is 0.356 e. The van der Waals surface area contributed by atoms with Crippen LogP contribution >= 0.6 is 35.6 Å². The normalized spacial score (nSPS) is 11.0. The van der Waals surface area contributed by atoms with E-state index in [4.69, 9.17) is 11.6 Å². The quantitative estimate of drug-likeness (QED) is 0.286. The molecule has 2 aromatic carbocycles. The Kier molecular flexibility index (Phi) is 9.30. The maximum Gasteiger partial charge on any atom is 0.191 e. The summed E-state index contributed by atoms with van der Waals surface area (Å²) < 4.78 is 1.93. The summed E-state index contributed by atoms with van der Waals surface area (Å²) in [5, 5.41) is 11.8. The number of hydrogen-bond acceptors (Lipinski definition) is 2. The molecule has 0 bridgehead atoms. The van der Waals surface area contributed by atoms with Gasteiger partial charge in [0.2, 0.25) is 0 Å². The van der Waals surface area contributed by atoms with Gasteiger partial charge in [-0.1, -0.05) is 48.0 Å². The molecule has 28 heavy (non-hydrogen) atoms. The van der Waals surface area contributed by atoms with Crippen molar-refractivity contribution >= 4 is 41.5 Å². The molecule has 1 aromatic heterocycles. The highest BCUT2D eigenvalue weighted by molar-refractivity contribution is 14.0. The summed E-state index contributed by atoms with van der Waals surface area (Å²) in [6.07, 6.45) is 4.68. The number of guanidine groups is 1. The Labute approximate surface area is 188 Å². The molecular weight excluding hydrogens is 485 g/mol. The molecule has 0 fully saturated rings. The molecule has 0 aliphatic heterocycles. The van der Waals surface area contributed by atoms with Crippen molar-refractivity contribution in [1.29, 1.82) is 0 Å². The molecule has 0 saturated carbocycles. The molecule has 3 rings (SSSR count). The van der Waals surface area contributed by atoms with Crippen molar-refractivity contribution in [2.24, 2.45) is 4.99 Å². The topological polar surface area (TPSA) is 54.2 Å². The van der Waals surface area contributed by atoms with Gasteiger partial charge < -0.3 is 10.6 Å². The number of rotatable bonds is 7. The van der Waals surface area contributed by atoms with Gasteiger partial charge in [0.05, 0.1) is 6.54 Å². The lowest BCUT2D eigenvalue weighted by molar-refractivity contribution is 0.677. The van der Waals surface area contributed by atoms with E-state index in [9.17, 15) is 0 Å². The molecule has 5 nitrogen and oxygen atoms in total. The molecule has 0 aliphatic rings. The van der Waals surface area contributed by atoms with Crippen LogP contribution in [0.25, 0.3) is 0 Å². The van der Waals surface area contributed by atoms with Gasteiger partial charge in [-0.2, -0.15) is 5.10 Å². The number of halogens is 2. The highest BCUT2D eigenvalue weighted by Crippen LogP contribution is 2.11. The van der Waals surface area contributed by atoms with Gasteiger partial charge in [-0.05, 0) is 41.3 Å². The number of nitrogens with zero attached hydrogens (tertiary/aromatic N) is 3. The van der Waals surface area contributed by atoms with Crippen LogP contribution in [0, 0.1) is 0 Å². The van der Waals surface area contributed by atoms with E-state index in [0.717, 1.165) is 30.5 Å². The fraction of sp³-hybridized carbons (Fsp3) is 0.238. The van der Waals surface area contributed by atoms with Crippen molar-refractivity contribution in [2.75, 3.05) is 13.6 Å². The number of hydrogen-bond donors (Lipinski definition) is 2. The first-order valence-corrected chi connectivity index (χ1v) is 9.35. The lowest BCUT2D eigenvalue weighted by atomic mass is 10.1. The minimum absolute atomic E-state index is 0. The Morgan fingerprint density at radius 2 is 1.79 bits per heavy atom. The molecule has 7 heteroatoms. The van der Waals surface area contributed by atoms with Gasteiger partial charge in [0, 0.05) is 37.6 Å². The van der Waals surface area contributed by atoms with Crippen molar-refractivity contribution in [3.63, 3.8) is 0 Å². The molecule has 3 aromatic rings. The summed E-state index contributed by atoms with van der Waals surface area (Å²) in [5.41, 5.74) is 3.71. The van der Waals surface area contributed by atoms with Crippen molar-refractivity contribution in [1.82, 2.24) is 20.4 Å². The summed E-state index contributed by atoms with van der Waals surface area (Å²) in [5.74, 6) is 0.790. The van der Waals surface area contributed by atoms with Crippen molar-refractivity contribution in [2.45, 2.75) is 19.5 Å². The standard InChI is InChI=1S/C21H24ClN5.HI/c1-23-21(24-13-11-17-7-9-20(22)10-8-17)25-15-18-5-2-3-6-19(18)16-27-14-4-12-26-27;/h2-10,12,14H,11,13,15-16H2,1H3,(H2,23,24,25);1H. The van der Waals surface area contributed by atoms with Gasteiger partial charge in [0.25, 0.3) is 0 Å². The van der Waals surface area contributed by atoms with E-state index in [1.165, 1.54) is 16.7 Å². The number of benzene rings is 2. The predicted molar refractivity (Wildman–Crippen MR) is 127 cm³/mol. The van der Waals surface area contributed by atoms with Crippen molar-refractivity contribution < 1.29 is 0 Å². The smallest absolute Gasteiger partial charge is 0.191 e. The van der Waals surface area contributed by atoms with Crippen molar-refractivity contribution in [3.05, 3.63) is 88.7 Å². The Hall–Kier alpha value is -2.06. The Bertz CT molecular complexity index is 863. The molecule has 148 valence electrons. The molecule has 0 radical (unpaired) electrons. The van der Waals surface area contributed by atoms with Gasteiger partial charge in [0.15, 0.2) is 5.96 Å². The highest BCUT2D eigenvalue weighted by Gasteiger charge is 2.05. The average molecular weight is 510 g/mol. The lowest BCUT2D eigenvalue weighted by Gasteiger charge is -2.14. The van der Waals surface area contributed by atoms with E-state index in [1.807, 2.05) is 41.2 Å². The van der Waals surface area contributed by atoms with Gasteiger partial charge in [-0.3, -0.25) is 9.67 Å². The first kappa shape index (κ1) is 22.2. The third-order valence-corrected chi connectivity index (χ3v) is 4.55. The van der Waals surface area contributed by atoms with Crippen LogP contribution in [0.4, 0.5) is 0 Å². The van der Waals surface area contributed by atoms with Crippen LogP contribution in [0.15, 0.2) is 72.0 Å². The van der Waals surface area contributed by atoms with Gasteiger partial charge >= 0.3 is 0 Å². The molecule has 0 spiro atoms. The van der Waals surface area contributed by atoms with Crippen LogP contribution in [0.5, 0.6) is 0 Å². The summed E-state index contributed by atoms with van der Waals surface area (Å²) in [4.78, 5) is 4.31. The second-order valence-corrected chi connectivity index (χ2v) is 6.64. The van der Waals surface area contributed by atoms with Gasteiger partial charge in [0.1, 0.15) is 0 Å². The molecule has 0 aliphatic carbocycles. The first-order chi connectivity index (χ1) is 13.2. The van der Waals surface area contributed by atoms with Crippen LogP contribution in [-0.4, -0.2) is 29.3 Å². The highest BCUT2D eigenvalue weighted by atomic mass is 127. The third kappa shape index (κ3) is 6.83.